The Bertz CT molecular complexity index is 766. The van der Waals surface area contributed by atoms with E-state index in [9.17, 15) is 9.59 Å². The van der Waals surface area contributed by atoms with Gasteiger partial charge in [-0.1, -0.05) is 37.2 Å². The van der Waals surface area contributed by atoms with Crippen LogP contribution in [0.4, 0.5) is 0 Å². The Morgan fingerprint density at radius 2 is 2.12 bits per heavy atom. The zero-order chi connectivity index (χ0) is 17.3. The topological polar surface area (TPSA) is 75.4 Å². The van der Waals surface area contributed by atoms with Gasteiger partial charge in [-0.15, -0.1) is 0 Å². The Morgan fingerprint density at radius 1 is 1.38 bits per heavy atom. The van der Waals surface area contributed by atoms with Crippen LogP contribution >= 0.6 is 0 Å². The molecule has 0 saturated heterocycles. The number of nitrogens with one attached hydrogen (secondary N) is 1. The highest BCUT2D eigenvalue weighted by atomic mass is 16.5. The van der Waals surface area contributed by atoms with Crippen molar-refractivity contribution in [3.8, 4) is 0 Å². The minimum Gasteiger partial charge on any atom is -0.359 e. The number of rotatable bonds is 5. The van der Waals surface area contributed by atoms with E-state index in [2.05, 4.69) is 10.5 Å². The minimum atomic E-state index is -0.274. The van der Waals surface area contributed by atoms with Crippen molar-refractivity contribution in [2.24, 2.45) is 0 Å². The molecule has 2 amide bonds. The van der Waals surface area contributed by atoms with Crippen molar-refractivity contribution in [3.05, 3.63) is 52.9 Å². The maximum atomic E-state index is 12.5. The van der Waals surface area contributed by atoms with Gasteiger partial charge in [0.1, 0.15) is 0 Å². The van der Waals surface area contributed by atoms with Crippen LogP contribution in [-0.4, -0.2) is 28.9 Å². The third-order valence-electron chi connectivity index (χ3n) is 4.25. The zero-order valence-electron chi connectivity index (χ0n) is 14.1. The van der Waals surface area contributed by atoms with E-state index in [0.29, 0.717) is 17.9 Å². The molecule has 2 heterocycles. The van der Waals surface area contributed by atoms with Crippen molar-refractivity contribution in [1.82, 2.24) is 15.4 Å². The monoisotopic (exact) mass is 327 g/mol. The number of aromatic nitrogens is 1. The van der Waals surface area contributed by atoms with Crippen LogP contribution in [0.25, 0.3) is 0 Å². The summed E-state index contributed by atoms with van der Waals surface area (Å²) >= 11 is 0. The van der Waals surface area contributed by atoms with Crippen molar-refractivity contribution in [1.29, 1.82) is 0 Å². The van der Waals surface area contributed by atoms with E-state index in [4.69, 9.17) is 4.52 Å². The Morgan fingerprint density at radius 3 is 2.83 bits per heavy atom. The highest BCUT2D eigenvalue weighted by Gasteiger charge is 2.30. The molecule has 0 bridgehead atoms. The lowest BCUT2D eigenvalue weighted by Crippen LogP contribution is -2.30. The van der Waals surface area contributed by atoms with Gasteiger partial charge < -0.3 is 14.7 Å². The van der Waals surface area contributed by atoms with E-state index >= 15 is 0 Å². The van der Waals surface area contributed by atoms with Gasteiger partial charge in [0.2, 0.25) is 5.91 Å². The molecular formula is C18H21N3O3. The molecule has 1 aliphatic heterocycles. The molecule has 0 fully saturated rings. The number of hydrogen-bond acceptors (Lipinski definition) is 4. The van der Waals surface area contributed by atoms with Crippen molar-refractivity contribution in [3.63, 3.8) is 0 Å². The Kier molecular flexibility index (Phi) is 4.38. The highest BCUT2D eigenvalue weighted by molar-refractivity contribution is 5.99. The number of benzene rings is 1. The zero-order valence-corrected chi connectivity index (χ0v) is 14.1. The minimum absolute atomic E-state index is 0.0560. The van der Waals surface area contributed by atoms with Gasteiger partial charge in [-0.05, 0) is 17.5 Å². The van der Waals surface area contributed by atoms with Crippen molar-refractivity contribution >= 4 is 11.8 Å². The molecule has 1 aliphatic rings. The molecule has 0 spiro atoms. The van der Waals surface area contributed by atoms with Crippen LogP contribution < -0.4 is 5.32 Å². The predicted molar refractivity (Wildman–Crippen MR) is 88.3 cm³/mol. The van der Waals surface area contributed by atoms with Crippen LogP contribution in [0.1, 0.15) is 59.6 Å². The first-order valence-corrected chi connectivity index (χ1v) is 8.05. The van der Waals surface area contributed by atoms with Crippen LogP contribution in [0.5, 0.6) is 0 Å². The first kappa shape index (κ1) is 16.2. The van der Waals surface area contributed by atoms with Crippen molar-refractivity contribution < 1.29 is 14.1 Å². The number of carbonyl (C=O) groups excluding carboxylic acids is 2. The molecule has 1 aromatic carbocycles. The predicted octanol–water partition coefficient (Wildman–Crippen LogP) is 2.63. The van der Waals surface area contributed by atoms with Gasteiger partial charge in [0.15, 0.2) is 5.76 Å². The van der Waals surface area contributed by atoms with Crippen LogP contribution in [0.2, 0.25) is 0 Å². The smallest absolute Gasteiger partial charge is 0.252 e. The maximum absolute atomic E-state index is 12.5. The molecule has 1 atom stereocenters. The summed E-state index contributed by atoms with van der Waals surface area (Å²) in [4.78, 5) is 26.0. The normalized spacial score (nSPS) is 16.2. The van der Waals surface area contributed by atoms with Gasteiger partial charge in [-0.3, -0.25) is 9.59 Å². The van der Waals surface area contributed by atoms with Gasteiger partial charge in [-0.2, -0.15) is 0 Å². The summed E-state index contributed by atoms with van der Waals surface area (Å²) in [6.45, 7) is 4.44. The van der Waals surface area contributed by atoms with E-state index in [1.807, 2.05) is 38.1 Å². The molecule has 0 aliphatic carbocycles. The lowest BCUT2D eigenvalue weighted by Gasteiger charge is -2.18. The molecular weight excluding hydrogens is 306 g/mol. The maximum Gasteiger partial charge on any atom is 0.252 e. The quantitative estimate of drug-likeness (QED) is 0.916. The number of nitrogens with zero attached hydrogens (tertiary/aromatic N) is 2. The van der Waals surface area contributed by atoms with Crippen molar-refractivity contribution in [2.75, 3.05) is 7.05 Å². The Balaban J connectivity index is 1.63. The molecule has 3 rings (SSSR count). The summed E-state index contributed by atoms with van der Waals surface area (Å²) < 4.78 is 5.28. The lowest BCUT2D eigenvalue weighted by atomic mass is 10.0. The third-order valence-corrected chi connectivity index (χ3v) is 4.25. The molecule has 0 unspecified atom stereocenters. The van der Waals surface area contributed by atoms with Crippen LogP contribution in [0.15, 0.2) is 34.9 Å². The fraction of sp³-hybridized carbons (Fsp3) is 0.389. The first-order valence-electron chi connectivity index (χ1n) is 8.05. The molecule has 0 radical (unpaired) electrons. The number of amides is 2. The highest BCUT2D eigenvalue weighted by Crippen LogP contribution is 2.28. The molecule has 24 heavy (non-hydrogen) atoms. The van der Waals surface area contributed by atoms with E-state index in [1.54, 1.807) is 18.0 Å². The van der Waals surface area contributed by atoms with Gasteiger partial charge in [0, 0.05) is 18.7 Å². The molecule has 1 aromatic heterocycles. The van der Waals surface area contributed by atoms with E-state index in [0.717, 1.165) is 11.3 Å². The second-order valence-electron chi connectivity index (χ2n) is 6.44. The van der Waals surface area contributed by atoms with Crippen molar-refractivity contribution in [2.45, 2.75) is 38.8 Å². The molecule has 126 valence electrons. The summed E-state index contributed by atoms with van der Waals surface area (Å²) in [5.74, 6) is 0.765. The van der Waals surface area contributed by atoms with E-state index < -0.39 is 0 Å². The average Bonchev–Trinajstić information content (AvgIpc) is 3.13. The standard InChI is InChI=1S/C18H21N3O3/c1-11(2)15-8-12(24-20-15)10-21(3)17(22)9-16-13-6-4-5-7-14(13)18(23)19-16/h4-8,11,16H,9-10H2,1-3H3,(H,19,23)/t16-/m1/s1. The largest absolute Gasteiger partial charge is 0.359 e. The third kappa shape index (κ3) is 3.18. The number of fused-ring (bicyclic) bond motifs is 1. The van der Waals surface area contributed by atoms with Gasteiger partial charge in [0.25, 0.3) is 5.91 Å². The lowest BCUT2D eigenvalue weighted by molar-refractivity contribution is -0.131. The number of carbonyl (C=O) groups is 2. The van der Waals surface area contributed by atoms with Gasteiger partial charge >= 0.3 is 0 Å². The van der Waals surface area contributed by atoms with Crippen LogP contribution in [0, 0.1) is 0 Å². The average molecular weight is 327 g/mol. The second-order valence-corrected chi connectivity index (χ2v) is 6.44. The van der Waals surface area contributed by atoms with Crippen LogP contribution in [0.3, 0.4) is 0 Å². The summed E-state index contributed by atoms with van der Waals surface area (Å²) in [5, 5.41) is 6.87. The van der Waals surface area contributed by atoms with E-state index in [1.165, 1.54) is 0 Å². The Hall–Kier alpha value is -2.63. The number of hydrogen-bond donors (Lipinski definition) is 1. The molecule has 1 N–H and O–H groups in total. The Labute approximate surface area is 140 Å². The first-order chi connectivity index (χ1) is 11.5. The second kappa shape index (κ2) is 6.47. The summed E-state index contributed by atoms with van der Waals surface area (Å²) in [7, 11) is 1.72. The van der Waals surface area contributed by atoms with E-state index in [-0.39, 0.29) is 30.2 Å². The fourth-order valence-electron chi connectivity index (χ4n) is 2.81. The SMILES string of the molecule is CC(C)c1cc(CN(C)C(=O)C[C@H]2NC(=O)c3ccccc32)on1. The molecule has 6 heteroatoms. The summed E-state index contributed by atoms with van der Waals surface area (Å²) in [6, 6.07) is 8.97. The summed E-state index contributed by atoms with van der Waals surface area (Å²) in [6.07, 6.45) is 0.227. The van der Waals surface area contributed by atoms with Crippen LogP contribution in [-0.2, 0) is 11.3 Å². The molecule has 0 saturated carbocycles. The molecule has 2 aromatic rings. The molecule has 6 nitrogen and oxygen atoms in total. The van der Waals surface area contributed by atoms with Gasteiger partial charge in [0.05, 0.1) is 24.7 Å². The van der Waals surface area contributed by atoms with Gasteiger partial charge in [-0.25, -0.2) is 0 Å². The fourth-order valence-corrected chi connectivity index (χ4v) is 2.81. The summed E-state index contributed by atoms with van der Waals surface area (Å²) in [5.41, 5.74) is 2.41.